The van der Waals surface area contributed by atoms with Crippen LogP contribution < -0.4 is 0 Å². The number of aliphatic hydroxyl groups is 1. The lowest BCUT2D eigenvalue weighted by Gasteiger charge is -2.26. The van der Waals surface area contributed by atoms with Crippen LogP contribution in [0.4, 0.5) is 0 Å². The van der Waals surface area contributed by atoms with Crippen LogP contribution in [0, 0.1) is 22.7 Å². The normalized spacial score (nSPS) is 27.4. The van der Waals surface area contributed by atoms with Gasteiger partial charge in [0, 0.05) is 25.1 Å². The van der Waals surface area contributed by atoms with Gasteiger partial charge in [0.2, 0.25) is 5.60 Å². The van der Waals surface area contributed by atoms with E-state index in [-0.39, 0.29) is 0 Å². The third kappa shape index (κ3) is 3.35. The van der Waals surface area contributed by atoms with Crippen LogP contribution in [-0.2, 0) is 16.8 Å². The highest BCUT2D eigenvalue weighted by molar-refractivity contribution is 5.84. The molecule has 0 aromatic heterocycles. The molecule has 2 aromatic carbocycles. The molecule has 0 amide bonds. The average molecular weight is 389 g/mol. The molecule has 0 bridgehead atoms. The molecular weight excluding hydrogens is 362 g/mol. The summed E-state index contributed by atoms with van der Waals surface area (Å²) in [6.07, 6.45) is 1.71. The van der Waals surface area contributed by atoms with Crippen molar-refractivity contribution in [3.05, 3.63) is 71.3 Å². The molecule has 1 saturated carbocycles. The fourth-order valence-electron chi connectivity index (χ4n) is 4.89. The SMILES string of the molecule is C[C@@]12CN(CC#CCc3ccccc3C(O)(C(=O)O)c3ccccc3)C[C@]1(C)C2. The third-order valence-electron chi connectivity index (χ3n) is 6.87. The molecular formula is C25H27NO3. The van der Waals surface area contributed by atoms with Gasteiger partial charge in [-0.1, -0.05) is 80.3 Å². The Kier molecular flexibility index (Phi) is 4.77. The number of aliphatic carboxylic acids is 1. The van der Waals surface area contributed by atoms with E-state index in [0.717, 1.165) is 25.2 Å². The van der Waals surface area contributed by atoms with Crippen molar-refractivity contribution in [3.63, 3.8) is 0 Å². The summed E-state index contributed by atoms with van der Waals surface area (Å²) in [6, 6.07) is 15.6. The molecule has 2 aliphatic rings. The van der Waals surface area contributed by atoms with Gasteiger partial charge < -0.3 is 10.2 Å². The zero-order valence-electron chi connectivity index (χ0n) is 17.0. The fourth-order valence-corrected chi connectivity index (χ4v) is 4.89. The number of carboxylic acid groups (broad SMARTS) is 1. The summed E-state index contributed by atoms with van der Waals surface area (Å²) in [7, 11) is 0. The van der Waals surface area contributed by atoms with E-state index in [1.54, 1.807) is 42.5 Å². The molecule has 1 unspecified atom stereocenters. The number of carbonyl (C=O) groups is 1. The molecule has 150 valence electrons. The van der Waals surface area contributed by atoms with Crippen molar-refractivity contribution in [1.82, 2.24) is 4.90 Å². The first-order chi connectivity index (χ1) is 13.8. The smallest absolute Gasteiger partial charge is 0.345 e. The number of piperidine rings is 1. The Morgan fingerprint density at radius 1 is 1.03 bits per heavy atom. The van der Waals surface area contributed by atoms with Crippen LogP contribution in [0.15, 0.2) is 54.6 Å². The number of rotatable bonds is 5. The molecule has 0 radical (unpaired) electrons. The van der Waals surface area contributed by atoms with Gasteiger partial charge in [0.25, 0.3) is 0 Å². The summed E-state index contributed by atoms with van der Waals surface area (Å²) in [5.41, 5.74) is 0.251. The largest absolute Gasteiger partial charge is 0.479 e. The second-order valence-electron chi connectivity index (χ2n) is 9.01. The molecule has 0 spiro atoms. The number of fused-ring (bicyclic) bond motifs is 1. The molecule has 2 aromatic rings. The van der Waals surface area contributed by atoms with Crippen molar-refractivity contribution >= 4 is 5.97 Å². The van der Waals surface area contributed by atoms with Crippen molar-refractivity contribution in [1.29, 1.82) is 0 Å². The maximum absolute atomic E-state index is 12.1. The van der Waals surface area contributed by atoms with Crippen molar-refractivity contribution in [2.45, 2.75) is 32.3 Å². The van der Waals surface area contributed by atoms with Crippen LogP contribution in [0.2, 0.25) is 0 Å². The van der Waals surface area contributed by atoms with Gasteiger partial charge in [0.05, 0.1) is 6.54 Å². The number of hydrogen-bond donors (Lipinski definition) is 2. The van der Waals surface area contributed by atoms with Crippen LogP contribution in [0.1, 0.15) is 37.0 Å². The third-order valence-corrected chi connectivity index (χ3v) is 6.87. The minimum Gasteiger partial charge on any atom is -0.479 e. The summed E-state index contributed by atoms with van der Waals surface area (Å²) >= 11 is 0. The molecule has 1 aliphatic heterocycles. The average Bonchev–Trinajstić information content (AvgIpc) is 3.13. The first kappa shape index (κ1) is 19.7. The summed E-state index contributed by atoms with van der Waals surface area (Å²) in [6.45, 7) is 7.64. The fraction of sp³-hybridized carbons (Fsp3) is 0.400. The predicted octanol–water partition coefficient (Wildman–Crippen LogP) is 3.28. The van der Waals surface area contributed by atoms with E-state index in [0.29, 0.717) is 28.4 Å². The van der Waals surface area contributed by atoms with Gasteiger partial charge in [-0.25, -0.2) is 4.79 Å². The van der Waals surface area contributed by atoms with Gasteiger partial charge in [-0.15, -0.1) is 0 Å². The first-order valence-corrected chi connectivity index (χ1v) is 10.1. The molecule has 1 aliphatic carbocycles. The summed E-state index contributed by atoms with van der Waals surface area (Å²) in [5, 5.41) is 21.0. The molecule has 4 nitrogen and oxygen atoms in total. The van der Waals surface area contributed by atoms with Crippen LogP contribution in [0.5, 0.6) is 0 Å². The first-order valence-electron chi connectivity index (χ1n) is 10.1. The number of carboxylic acids is 1. The number of nitrogens with zero attached hydrogens (tertiary/aromatic N) is 1. The molecule has 3 atom stereocenters. The topological polar surface area (TPSA) is 60.8 Å². The van der Waals surface area contributed by atoms with Gasteiger partial charge in [0.1, 0.15) is 0 Å². The number of hydrogen-bond acceptors (Lipinski definition) is 3. The standard InChI is InChI=1S/C25H27NO3/c1-23-16-24(23,2)18-26(17-23)15-9-8-11-19-10-6-7-14-21(19)25(29,22(27)28)20-12-4-3-5-13-20/h3-7,10,12-14,29H,11,15-18H2,1-2H3,(H,27,28)/t23-,24+,25?. The van der Waals surface area contributed by atoms with E-state index in [9.17, 15) is 15.0 Å². The zero-order chi connectivity index (χ0) is 20.7. The molecule has 1 heterocycles. The lowest BCUT2D eigenvalue weighted by Crippen LogP contribution is -2.37. The molecule has 4 rings (SSSR count). The van der Waals surface area contributed by atoms with Crippen LogP contribution in [0.25, 0.3) is 0 Å². The van der Waals surface area contributed by atoms with E-state index in [2.05, 4.69) is 30.6 Å². The maximum Gasteiger partial charge on any atom is 0.345 e. The lowest BCUT2D eigenvalue weighted by molar-refractivity contribution is -0.155. The van der Waals surface area contributed by atoms with E-state index >= 15 is 0 Å². The molecule has 4 heteroatoms. The van der Waals surface area contributed by atoms with Gasteiger partial charge in [0.15, 0.2) is 0 Å². The van der Waals surface area contributed by atoms with Crippen molar-refractivity contribution in [2.75, 3.05) is 19.6 Å². The minimum absolute atomic E-state index is 0.339. The van der Waals surface area contributed by atoms with Crippen LogP contribution in [-0.4, -0.2) is 40.7 Å². The second-order valence-corrected chi connectivity index (χ2v) is 9.01. The zero-order valence-corrected chi connectivity index (χ0v) is 17.0. The van der Waals surface area contributed by atoms with Crippen LogP contribution >= 0.6 is 0 Å². The molecule has 1 saturated heterocycles. The molecule has 2 fully saturated rings. The van der Waals surface area contributed by atoms with Crippen molar-refractivity contribution in [2.24, 2.45) is 10.8 Å². The highest BCUT2D eigenvalue weighted by Gasteiger charge is 2.65. The highest BCUT2D eigenvalue weighted by Crippen LogP contribution is 2.67. The number of likely N-dealkylation sites (tertiary alicyclic amines) is 1. The summed E-state index contributed by atoms with van der Waals surface area (Å²) < 4.78 is 0. The number of benzene rings is 2. The Morgan fingerprint density at radius 2 is 1.66 bits per heavy atom. The summed E-state index contributed by atoms with van der Waals surface area (Å²) in [4.78, 5) is 14.5. The van der Waals surface area contributed by atoms with Crippen molar-refractivity contribution < 1.29 is 15.0 Å². The Balaban J connectivity index is 1.53. The Morgan fingerprint density at radius 3 is 2.31 bits per heavy atom. The van der Waals surface area contributed by atoms with Gasteiger partial charge in [-0.2, -0.15) is 0 Å². The van der Waals surface area contributed by atoms with Gasteiger partial charge >= 0.3 is 5.97 Å². The Labute approximate surface area is 172 Å². The molecule has 2 N–H and O–H groups in total. The highest BCUT2D eigenvalue weighted by atomic mass is 16.4. The monoisotopic (exact) mass is 389 g/mol. The lowest BCUT2D eigenvalue weighted by atomic mass is 9.83. The maximum atomic E-state index is 12.1. The van der Waals surface area contributed by atoms with E-state index < -0.39 is 11.6 Å². The molecule has 29 heavy (non-hydrogen) atoms. The van der Waals surface area contributed by atoms with E-state index in [1.165, 1.54) is 6.42 Å². The summed E-state index contributed by atoms with van der Waals surface area (Å²) in [5.74, 6) is 5.15. The predicted molar refractivity (Wildman–Crippen MR) is 112 cm³/mol. The van der Waals surface area contributed by atoms with Gasteiger partial charge in [-0.05, 0) is 28.4 Å². The van der Waals surface area contributed by atoms with Crippen molar-refractivity contribution in [3.8, 4) is 11.8 Å². The Bertz CT molecular complexity index is 976. The Hall–Kier alpha value is -2.61. The second kappa shape index (κ2) is 7.02. The minimum atomic E-state index is -2.10. The van der Waals surface area contributed by atoms with Gasteiger partial charge in [-0.3, -0.25) is 4.90 Å². The van der Waals surface area contributed by atoms with E-state index in [1.807, 2.05) is 12.1 Å². The quantitative estimate of drug-likeness (QED) is 0.771. The van der Waals surface area contributed by atoms with Crippen LogP contribution in [0.3, 0.4) is 0 Å². The van der Waals surface area contributed by atoms with E-state index in [4.69, 9.17) is 0 Å².